The summed E-state index contributed by atoms with van der Waals surface area (Å²) >= 11 is 0. The van der Waals surface area contributed by atoms with E-state index in [1.165, 1.54) is 6.33 Å². The number of rotatable bonds is 8. The lowest BCUT2D eigenvalue weighted by Gasteiger charge is -2.19. The van der Waals surface area contributed by atoms with E-state index >= 15 is 0 Å². The second kappa shape index (κ2) is 7.67. The summed E-state index contributed by atoms with van der Waals surface area (Å²) in [5.74, 6) is 0.988. The summed E-state index contributed by atoms with van der Waals surface area (Å²) in [4.78, 5) is 19.1. The molecule has 20 heavy (non-hydrogen) atoms. The fourth-order valence-electron chi connectivity index (χ4n) is 2.21. The summed E-state index contributed by atoms with van der Waals surface area (Å²) in [5, 5.41) is 12.2. The van der Waals surface area contributed by atoms with Crippen LogP contribution < -0.4 is 10.1 Å². The molecule has 0 aliphatic rings. The van der Waals surface area contributed by atoms with Crippen molar-refractivity contribution in [3.8, 4) is 5.88 Å². The van der Waals surface area contributed by atoms with Crippen LogP contribution in [0.4, 0.5) is 5.82 Å². The van der Waals surface area contributed by atoms with Crippen LogP contribution in [0.5, 0.6) is 5.88 Å². The van der Waals surface area contributed by atoms with Crippen LogP contribution in [0.25, 0.3) is 0 Å². The Balaban J connectivity index is 2.69. The number of hydrogen-bond acceptors (Lipinski definition) is 5. The lowest BCUT2D eigenvalue weighted by Crippen LogP contribution is -2.20. The molecule has 0 saturated heterocycles. The molecular formula is C14H23N3O3. The third-order valence-corrected chi connectivity index (χ3v) is 3.06. The predicted octanol–water partition coefficient (Wildman–Crippen LogP) is 2.34. The first-order valence-corrected chi connectivity index (χ1v) is 6.75. The van der Waals surface area contributed by atoms with Crippen LogP contribution >= 0.6 is 0 Å². The van der Waals surface area contributed by atoms with Gasteiger partial charge in [-0.25, -0.2) is 9.97 Å². The highest BCUT2D eigenvalue weighted by Crippen LogP contribution is 2.21. The maximum absolute atomic E-state index is 10.9. The summed E-state index contributed by atoms with van der Waals surface area (Å²) in [6.07, 6.45) is 2.45. The summed E-state index contributed by atoms with van der Waals surface area (Å²) in [5.41, 5.74) is 0.827. The van der Waals surface area contributed by atoms with E-state index < -0.39 is 5.97 Å². The summed E-state index contributed by atoms with van der Waals surface area (Å²) in [6, 6.07) is 0. The van der Waals surface area contributed by atoms with Crippen LogP contribution in [-0.4, -0.2) is 34.7 Å². The van der Waals surface area contributed by atoms with Crippen molar-refractivity contribution in [1.29, 1.82) is 0 Å². The molecule has 0 bridgehead atoms. The van der Waals surface area contributed by atoms with Crippen molar-refractivity contribution in [1.82, 2.24) is 9.97 Å². The molecule has 6 heteroatoms. The van der Waals surface area contributed by atoms with E-state index in [1.807, 2.05) is 6.92 Å². The Labute approximate surface area is 119 Å². The molecule has 0 radical (unpaired) electrons. The van der Waals surface area contributed by atoms with Gasteiger partial charge in [0.05, 0.1) is 12.7 Å². The van der Waals surface area contributed by atoms with Crippen molar-refractivity contribution in [2.45, 2.75) is 33.6 Å². The zero-order valence-electron chi connectivity index (χ0n) is 12.5. The SMILES string of the molecule is COc1ncnc(NCC(CC(=O)O)CC(C)C)c1C. The lowest BCUT2D eigenvalue weighted by molar-refractivity contribution is -0.138. The van der Waals surface area contributed by atoms with Gasteiger partial charge in [0.1, 0.15) is 12.1 Å². The molecule has 1 unspecified atom stereocenters. The highest BCUT2D eigenvalue weighted by atomic mass is 16.5. The first kappa shape index (κ1) is 16.2. The minimum absolute atomic E-state index is 0.0767. The largest absolute Gasteiger partial charge is 0.481 e. The lowest BCUT2D eigenvalue weighted by atomic mass is 9.94. The first-order chi connectivity index (χ1) is 9.43. The second-order valence-electron chi connectivity index (χ2n) is 5.33. The van der Waals surface area contributed by atoms with Gasteiger partial charge in [-0.15, -0.1) is 0 Å². The molecule has 1 atom stereocenters. The molecule has 1 rings (SSSR count). The molecule has 0 spiro atoms. The van der Waals surface area contributed by atoms with Gasteiger partial charge in [0.15, 0.2) is 0 Å². The zero-order valence-corrected chi connectivity index (χ0v) is 12.5. The van der Waals surface area contributed by atoms with Crippen LogP contribution in [0.15, 0.2) is 6.33 Å². The van der Waals surface area contributed by atoms with Crippen molar-refractivity contribution in [3.05, 3.63) is 11.9 Å². The number of methoxy groups -OCH3 is 1. The van der Waals surface area contributed by atoms with E-state index in [2.05, 4.69) is 29.1 Å². The number of carboxylic acid groups (broad SMARTS) is 1. The zero-order chi connectivity index (χ0) is 15.1. The Hall–Kier alpha value is -1.85. The third-order valence-electron chi connectivity index (χ3n) is 3.06. The van der Waals surface area contributed by atoms with Gasteiger partial charge in [-0.05, 0) is 25.2 Å². The number of aromatic nitrogens is 2. The molecule has 0 aromatic carbocycles. The van der Waals surface area contributed by atoms with Crippen LogP contribution in [0.1, 0.15) is 32.3 Å². The van der Waals surface area contributed by atoms with Crippen molar-refractivity contribution in [2.75, 3.05) is 19.0 Å². The van der Waals surface area contributed by atoms with E-state index in [4.69, 9.17) is 9.84 Å². The van der Waals surface area contributed by atoms with Crippen molar-refractivity contribution in [3.63, 3.8) is 0 Å². The minimum atomic E-state index is -0.769. The molecule has 0 amide bonds. The first-order valence-electron chi connectivity index (χ1n) is 6.75. The number of carbonyl (C=O) groups is 1. The number of ether oxygens (including phenoxy) is 1. The number of aliphatic carboxylic acids is 1. The molecule has 0 aliphatic heterocycles. The standard InChI is InChI=1S/C14H23N3O3/c1-9(2)5-11(6-12(18)19)7-15-13-10(3)14(20-4)17-8-16-13/h8-9,11H,5-7H2,1-4H3,(H,18,19)(H,15,16,17). The average Bonchev–Trinajstić information content (AvgIpc) is 2.36. The Morgan fingerprint density at radius 1 is 1.45 bits per heavy atom. The minimum Gasteiger partial charge on any atom is -0.481 e. The van der Waals surface area contributed by atoms with Crippen LogP contribution in [-0.2, 0) is 4.79 Å². The average molecular weight is 281 g/mol. The highest BCUT2D eigenvalue weighted by molar-refractivity contribution is 5.67. The smallest absolute Gasteiger partial charge is 0.303 e. The quantitative estimate of drug-likeness (QED) is 0.761. The normalized spacial score (nSPS) is 12.2. The van der Waals surface area contributed by atoms with E-state index in [-0.39, 0.29) is 12.3 Å². The Bertz CT molecular complexity index is 449. The highest BCUT2D eigenvalue weighted by Gasteiger charge is 2.16. The monoisotopic (exact) mass is 281 g/mol. The van der Waals surface area contributed by atoms with Crippen LogP contribution in [0.3, 0.4) is 0 Å². The Morgan fingerprint density at radius 3 is 2.70 bits per heavy atom. The fourth-order valence-corrected chi connectivity index (χ4v) is 2.21. The van der Waals surface area contributed by atoms with Crippen molar-refractivity contribution in [2.24, 2.45) is 11.8 Å². The maximum Gasteiger partial charge on any atom is 0.303 e. The van der Waals surface area contributed by atoms with Crippen LogP contribution in [0, 0.1) is 18.8 Å². The molecule has 1 heterocycles. The molecule has 2 N–H and O–H groups in total. The molecule has 1 aromatic heterocycles. The molecule has 0 fully saturated rings. The number of nitrogens with zero attached hydrogens (tertiary/aromatic N) is 2. The van der Waals surface area contributed by atoms with Gasteiger partial charge < -0.3 is 15.2 Å². The molecule has 6 nitrogen and oxygen atoms in total. The number of carboxylic acids is 1. The van der Waals surface area contributed by atoms with E-state index in [1.54, 1.807) is 7.11 Å². The third kappa shape index (κ3) is 5.03. The summed E-state index contributed by atoms with van der Waals surface area (Å²) in [7, 11) is 1.56. The van der Waals surface area contributed by atoms with Gasteiger partial charge >= 0.3 is 5.97 Å². The molecule has 1 aromatic rings. The predicted molar refractivity (Wildman–Crippen MR) is 77.0 cm³/mol. The number of nitrogens with one attached hydrogen (secondary N) is 1. The summed E-state index contributed by atoms with van der Waals surface area (Å²) < 4.78 is 5.14. The Morgan fingerprint density at radius 2 is 2.15 bits per heavy atom. The second-order valence-corrected chi connectivity index (χ2v) is 5.33. The maximum atomic E-state index is 10.9. The summed E-state index contributed by atoms with van der Waals surface area (Å²) in [6.45, 7) is 6.63. The van der Waals surface area contributed by atoms with Crippen molar-refractivity contribution < 1.29 is 14.6 Å². The van der Waals surface area contributed by atoms with E-state index in [0.29, 0.717) is 24.2 Å². The van der Waals surface area contributed by atoms with Crippen LogP contribution in [0.2, 0.25) is 0 Å². The molecular weight excluding hydrogens is 258 g/mol. The topological polar surface area (TPSA) is 84.3 Å². The Kier molecular flexibility index (Phi) is 6.21. The molecule has 0 aliphatic carbocycles. The number of hydrogen-bond donors (Lipinski definition) is 2. The molecule has 112 valence electrons. The van der Waals surface area contributed by atoms with Crippen molar-refractivity contribution >= 4 is 11.8 Å². The van der Waals surface area contributed by atoms with Gasteiger partial charge in [-0.1, -0.05) is 13.8 Å². The van der Waals surface area contributed by atoms with E-state index in [9.17, 15) is 4.79 Å². The van der Waals surface area contributed by atoms with Gasteiger partial charge in [-0.2, -0.15) is 0 Å². The van der Waals surface area contributed by atoms with Gasteiger partial charge in [0.2, 0.25) is 5.88 Å². The van der Waals surface area contributed by atoms with Gasteiger partial charge in [0.25, 0.3) is 0 Å². The molecule has 0 saturated carbocycles. The van der Waals surface area contributed by atoms with E-state index in [0.717, 1.165) is 12.0 Å². The fraction of sp³-hybridized carbons (Fsp3) is 0.643. The van der Waals surface area contributed by atoms with Gasteiger partial charge in [-0.3, -0.25) is 4.79 Å². The number of anilines is 1. The van der Waals surface area contributed by atoms with Gasteiger partial charge in [0, 0.05) is 13.0 Å².